The van der Waals surface area contributed by atoms with E-state index in [9.17, 15) is 0 Å². The van der Waals surface area contributed by atoms with Gasteiger partial charge >= 0.3 is 0 Å². The molecule has 290 valence electrons. The van der Waals surface area contributed by atoms with Crippen LogP contribution in [0.25, 0.3) is 60.6 Å². The number of anilines is 3. The molecule has 1 aliphatic carbocycles. The number of rotatable bonds is 6. The van der Waals surface area contributed by atoms with Crippen molar-refractivity contribution in [2.75, 3.05) is 4.90 Å². The summed E-state index contributed by atoms with van der Waals surface area (Å²) in [7, 11) is 0. The normalized spacial score (nSPS) is 13.0. The average molecular weight is 791 g/mol. The van der Waals surface area contributed by atoms with E-state index in [1.807, 2.05) is 42.5 Å². The van der Waals surface area contributed by atoms with E-state index >= 15 is 8.78 Å². The number of aromatic nitrogens is 1. The highest BCUT2D eigenvalue weighted by Gasteiger charge is 2.48. The monoisotopic (exact) mass is 790 g/mol. The van der Waals surface area contributed by atoms with Crippen LogP contribution in [0.3, 0.4) is 0 Å². The number of nitrogens with zero attached hydrogens (tertiary/aromatic N) is 2. The molecule has 0 aliphatic heterocycles. The van der Waals surface area contributed by atoms with Crippen LogP contribution >= 0.6 is 0 Å². The Labute approximate surface area is 351 Å². The summed E-state index contributed by atoms with van der Waals surface area (Å²) >= 11 is 0. The second-order valence-electron chi connectivity index (χ2n) is 15.9. The first kappa shape index (κ1) is 35.2. The van der Waals surface area contributed by atoms with E-state index in [2.05, 4.69) is 138 Å². The molecular formula is C56H36F2N2O. The summed E-state index contributed by atoms with van der Waals surface area (Å²) in [5.74, 6) is -0.735. The zero-order chi connectivity index (χ0) is 40.8. The molecule has 3 nitrogen and oxygen atoms in total. The van der Waals surface area contributed by atoms with Crippen LogP contribution in [-0.2, 0) is 5.41 Å². The minimum absolute atomic E-state index is 0.368. The molecule has 2 aromatic heterocycles. The van der Waals surface area contributed by atoms with Crippen LogP contribution in [0.1, 0.15) is 27.8 Å². The minimum Gasteiger partial charge on any atom is -0.455 e. The molecule has 11 aromatic rings. The van der Waals surface area contributed by atoms with Crippen molar-refractivity contribution in [1.29, 1.82) is 0 Å². The van der Waals surface area contributed by atoms with E-state index < -0.39 is 5.41 Å². The molecule has 9 aromatic carbocycles. The van der Waals surface area contributed by atoms with Gasteiger partial charge in [0.05, 0.1) is 27.5 Å². The van der Waals surface area contributed by atoms with Gasteiger partial charge in [-0.2, -0.15) is 0 Å². The Morgan fingerprint density at radius 2 is 1.16 bits per heavy atom. The van der Waals surface area contributed by atoms with Crippen molar-refractivity contribution in [2.24, 2.45) is 0 Å². The van der Waals surface area contributed by atoms with E-state index in [1.165, 1.54) is 17.5 Å². The summed E-state index contributed by atoms with van der Waals surface area (Å²) in [6.07, 6.45) is 0. The molecule has 0 amide bonds. The van der Waals surface area contributed by atoms with Crippen molar-refractivity contribution in [2.45, 2.75) is 12.3 Å². The largest absolute Gasteiger partial charge is 0.455 e. The van der Waals surface area contributed by atoms with Crippen LogP contribution in [0.5, 0.6) is 0 Å². The lowest BCUT2D eigenvalue weighted by Crippen LogP contribution is -2.29. The molecule has 0 saturated heterocycles. The van der Waals surface area contributed by atoms with Gasteiger partial charge in [-0.3, -0.25) is 0 Å². The van der Waals surface area contributed by atoms with Gasteiger partial charge in [-0.05, 0) is 113 Å². The van der Waals surface area contributed by atoms with Gasteiger partial charge in [0.25, 0.3) is 0 Å². The SMILES string of the molecule is Cc1ccccc1N(c1ccc2c3ccccc3n(-c3ccccc3)c2c1)c1cc2c(c3oc4ccccc4c13)-c1ccccc1C2(c1cccc(F)c1)c1cccc(F)c1. The molecule has 0 saturated carbocycles. The highest BCUT2D eigenvalue weighted by Crippen LogP contribution is 2.61. The maximum Gasteiger partial charge on any atom is 0.145 e. The Balaban J connectivity index is 1.26. The molecular weight excluding hydrogens is 755 g/mol. The second-order valence-corrected chi connectivity index (χ2v) is 15.9. The van der Waals surface area contributed by atoms with E-state index in [0.29, 0.717) is 16.7 Å². The molecule has 0 atom stereocenters. The Morgan fingerprint density at radius 1 is 0.508 bits per heavy atom. The van der Waals surface area contributed by atoms with Crippen LogP contribution in [0.2, 0.25) is 0 Å². The first-order valence-electron chi connectivity index (χ1n) is 20.6. The topological polar surface area (TPSA) is 21.3 Å². The molecule has 0 N–H and O–H groups in total. The molecule has 1 aliphatic rings. The van der Waals surface area contributed by atoms with Crippen molar-refractivity contribution in [3.05, 3.63) is 240 Å². The van der Waals surface area contributed by atoms with Gasteiger partial charge in [-0.25, -0.2) is 8.78 Å². The lowest BCUT2D eigenvalue weighted by atomic mass is 9.67. The molecule has 12 rings (SSSR count). The minimum atomic E-state index is -1.11. The highest BCUT2D eigenvalue weighted by atomic mass is 19.1. The number of hydrogen-bond donors (Lipinski definition) is 0. The molecule has 61 heavy (non-hydrogen) atoms. The standard InChI is InChI=1S/C56H36F2N2O/c1-35-15-5-10-26-48(35)60(41-29-30-43-42-22-7-11-27-49(42)59(50(43)33-41)40-20-3-2-4-21-40)51-34-47-53(55-54(51)45-24-8-12-28-52(45)61-55)44-23-6-9-25-46(44)56(47,36-16-13-18-38(57)31-36)37-17-14-19-39(58)32-37/h2-34H,1H3. The van der Waals surface area contributed by atoms with Crippen molar-refractivity contribution >= 4 is 60.8 Å². The summed E-state index contributed by atoms with van der Waals surface area (Å²) in [4.78, 5) is 2.34. The third-order valence-corrected chi connectivity index (χ3v) is 12.7. The molecule has 0 unspecified atom stereocenters. The van der Waals surface area contributed by atoms with Crippen LogP contribution in [0.4, 0.5) is 25.8 Å². The number of para-hydroxylation sites is 4. The predicted molar refractivity (Wildman–Crippen MR) is 245 cm³/mol. The third kappa shape index (κ3) is 5.07. The Kier molecular flexibility index (Phi) is 7.72. The molecule has 2 heterocycles. The van der Waals surface area contributed by atoms with Gasteiger partial charge in [-0.15, -0.1) is 0 Å². The number of aryl methyl sites for hydroxylation is 1. The van der Waals surface area contributed by atoms with E-state index in [-0.39, 0.29) is 11.6 Å². The van der Waals surface area contributed by atoms with Gasteiger partial charge < -0.3 is 13.9 Å². The Hall–Kier alpha value is -7.76. The number of fused-ring (bicyclic) bond motifs is 10. The zero-order valence-corrected chi connectivity index (χ0v) is 33.1. The van der Waals surface area contributed by atoms with E-state index in [0.717, 1.165) is 83.3 Å². The fraction of sp³-hybridized carbons (Fsp3) is 0.0357. The first-order chi connectivity index (χ1) is 30.0. The van der Waals surface area contributed by atoms with Crippen molar-refractivity contribution < 1.29 is 13.2 Å². The zero-order valence-electron chi connectivity index (χ0n) is 33.1. The Morgan fingerprint density at radius 3 is 1.93 bits per heavy atom. The van der Waals surface area contributed by atoms with Crippen molar-refractivity contribution in [3.63, 3.8) is 0 Å². The maximum absolute atomic E-state index is 15.7. The first-order valence-corrected chi connectivity index (χ1v) is 20.6. The summed E-state index contributed by atoms with van der Waals surface area (Å²) in [6.45, 7) is 2.14. The van der Waals surface area contributed by atoms with E-state index in [1.54, 1.807) is 24.3 Å². The average Bonchev–Trinajstić information content (AvgIpc) is 3.94. The number of benzene rings is 9. The molecule has 0 fully saturated rings. The van der Waals surface area contributed by atoms with Crippen molar-refractivity contribution in [3.8, 4) is 16.8 Å². The van der Waals surface area contributed by atoms with Crippen LogP contribution < -0.4 is 4.90 Å². The van der Waals surface area contributed by atoms with E-state index in [4.69, 9.17) is 4.42 Å². The maximum atomic E-state index is 15.7. The quantitative estimate of drug-likeness (QED) is 0.167. The van der Waals surface area contributed by atoms with Gasteiger partial charge in [0.2, 0.25) is 0 Å². The van der Waals surface area contributed by atoms with Crippen molar-refractivity contribution in [1.82, 2.24) is 4.57 Å². The summed E-state index contributed by atoms with van der Waals surface area (Å²) in [5, 5.41) is 4.24. The second kappa shape index (κ2) is 13.4. The van der Waals surface area contributed by atoms with Gasteiger partial charge in [0.1, 0.15) is 22.8 Å². The lowest BCUT2D eigenvalue weighted by molar-refractivity contribution is 0.613. The predicted octanol–water partition coefficient (Wildman–Crippen LogP) is 15.1. The summed E-state index contributed by atoms with van der Waals surface area (Å²) in [5.41, 5.74) is 12.6. The summed E-state index contributed by atoms with van der Waals surface area (Å²) < 4.78 is 40.8. The molecule has 5 heteroatoms. The van der Waals surface area contributed by atoms with Crippen LogP contribution in [0.15, 0.2) is 205 Å². The lowest BCUT2D eigenvalue weighted by Gasteiger charge is -2.35. The summed E-state index contributed by atoms with van der Waals surface area (Å²) in [6, 6.07) is 66.4. The van der Waals surface area contributed by atoms with Gasteiger partial charge in [-0.1, -0.05) is 127 Å². The fourth-order valence-electron chi connectivity index (χ4n) is 10.2. The van der Waals surface area contributed by atoms with Gasteiger partial charge in [0, 0.05) is 38.8 Å². The fourth-order valence-corrected chi connectivity index (χ4v) is 10.2. The Bertz CT molecular complexity index is 3500. The van der Waals surface area contributed by atoms with Gasteiger partial charge in [0.15, 0.2) is 0 Å². The third-order valence-electron chi connectivity index (χ3n) is 12.7. The highest BCUT2D eigenvalue weighted by molar-refractivity contribution is 6.20. The van der Waals surface area contributed by atoms with Crippen LogP contribution in [0, 0.1) is 18.6 Å². The van der Waals surface area contributed by atoms with Crippen LogP contribution in [-0.4, -0.2) is 4.57 Å². The number of halogens is 2. The number of hydrogen-bond acceptors (Lipinski definition) is 2. The number of furan rings is 1. The smallest absolute Gasteiger partial charge is 0.145 e. The molecule has 0 spiro atoms. The molecule has 0 radical (unpaired) electrons. The molecule has 0 bridgehead atoms.